The molecule has 2 aromatic heterocycles. The summed E-state index contributed by atoms with van der Waals surface area (Å²) in [6.45, 7) is 4.28. The first-order valence-corrected chi connectivity index (χ1v) is 7.36. The number of amides is 1. The van der Waals surface area contributed by atoms with Crippen LogP contribution in [0.5, 0.6) is 0 Å². The van der Waals surface area contributed by atoms with Crippen molar-refractivity contribution in [2.75, 3.05) is 5.32 Å². The number of hydrogen-bond donors (Lipinski definition) is 1. The molecule has 1 atom stereocenters. The van der Waals surface area contributed by atoms with Crippen LogP contribution in [-0.2, 0) is 23.1 Å². The zero-order valence-electron chi connectivity index (χ0n) is 12.2. The second kappa shape index (κ2) is 4.13. The van der Waals surface area contributed by atoms with E-state index in [9.17, 15) is 4.79 Å². The number of aromatic nitrogens is 2. The first-order chi connectivity index (χ1) is 10.1. The fraction of sp³-hybridized carbons (Fsp3) is 0.353. The summed E-state index contributed by atoms with van der Waals surface area (Å²) in [6, 6.07) is 8.12. The SMILES string of the molecule is CC(C)c1ccc2c(n1)C[C@@]1(C2)C(=O)Nc2ncccc21. The molecule has 1 aliphatic heterocycles. The van der Waals surface area contributed by atoms with Crippen LogP contribution < -0.4 is 5.32 Å². The maximum atomic E-state index is 12.6. The van der Waals surface area contributed by atoms with E-state index in [-0.39, 0.29) is 5.91 Å². The van der Waals surface area contributed by atoms with Crippen LogP contribution in [0.4, 0.5) is 5.82 Å². The highest BCUT2D eigenvalue weighted by Gasteiger charge is 2.51. The standard InChI is InChI=1S/C17H17N3O/c1-10(2)13-6-5-11-8-17(9-14(11)19-13)12-4-3-7-18-15(12)20-16(17)21/h3-7,10H,8-9H2,1-2H3,(H,18,20,21)/t17-/m1/s1. The Labute approximate surface area is 123 Å². The highest BCUT2D eigenvalue weighted by Crippen LogP contribution is 2.46. The molecular weight excluding hydrogens is 262 g/mol. The van der Waals surface area contributed by atoms with Gasteiger partial charge < -0.3 is 5.32 Å². The molecule has 0 aromatic carbocycles. The molecule has 0 unspecified atom stereocenters. The Bertz CT molecular complexity index is 753. The number of fused-ring (bicyclic) bond motifs is 3. The lowest BCUT2D eigenvalue weighted by atomic mass is 9.80. The number of carbonyl (C=O) groups excluding carboxylic acids is 1. The first kappa shape index (κ1) is 12.5. The van der Waals surface area contributed by atoms with Gasteiger partial charge in [0.05, 0.1) is 5.41 Å². The predicted molar refractivity (Wildman–Crippen MR) is 80.3 cm³/mol. The van der Waals surface area contributed by atoms with Crippen LogP contribution >= 0.6 is 0 Å². The summed E-state index contributed by atoms with van der Waals surface area (Å²) in [4.78, 5) is 21.6. The van der Waals surface area contributed by atoms with Gasteiger partial charge >= 0.3 is 0 Å². The van der Waals surface area contributed by atoms with E-state index in [4.69, 9.17) is 4.98 Å². The normalized spacial score (nSPS) is 22.5. The summed E-state index contributed by atoms with van der Waals surface area (Å²) in [5.74, 6) is 1.16. The molecule has 4 rings (SSSR count). The molecule has 0 radical (unpaired) electrons. The van der Waals surface area contributed by atoms with Gasteiger partial charge in [-0.25, -0.2) is 4.98 Å². The minimum Gasteiger partial charge on any atom is -0.310 e. The molecule has 4 nitrogen and oxygen atoms in total. The van der Waals surface area contributed by atoms with E-state index in [0.29, 0.717) is 18.2 Å². The monoisotopic (exact) mass is 279 g/mol. The Morgan fingerprint density at radius 2 is 2.10 bits per heavy atom. The van der Waals surface area contributed by atoms with Gasteiger partial charge in [-0.3, -0.25) is 9.78 Å². The lowest BCUT2D eigenvalue weighted by Crippen LogP contribution is -2.35. The average molecular weight is 279 g/mol. The number of nitrogens with one attached hydrogen (secondary N) is 1. The second-order valence-corrected chi connectivity index (χ2v) is 6.29. The fourth-order valence-corrected chi connectivity index (χ4v) is 3.45. The van der Waals surface area contributed by atoms with Gasteiger partial charge in [-0.15, -0.1) is 0 Å². The highest BCUT2D eigenvalue weighted by atomic mass is 16.2. The minimum absolute atomic E-state index is 0.0558. The van der Waals surface area contributed by atoms with Crippen molar-refractivity contribution in [2.45, 2.75) is 38.0 Å². The summed E-state index contributed by atoms with van der Waals surface area (Å²) in [7, 11) is 0. The molecule has 21 heavy (non-hydrogen) atoms. The van der Waals surface area contributed by atoms with Gasteiger partial charge in [0.1, 0.15) is 5.82 Å². The number of rotatable bonds is 1. The molecule has 1 amide bonds. The largest absolute Gasteiger partial charge is 0.310 e. The van der Waals surface area contributed by atoms with Crippen molar-refractivity contribution in [2.24, 2.45) is 0 Å². The van der Waals surface area contributed by atoms with Crippen molar-refractivity contribution in [3.05, 3.63) is 53.0 Å². The van der Waals surface area contributed by atoms with E-state index in [1.165, 1.54) is 5.56 Å². The topological polar surface area (TPSA) is 54.9 Å². The van der Waals surface area contributed by atoms with Gasteiger partial charge in [-0.05, 0) is 30.0 Å². The summed E-state index contributed by atoms with van der Waals surface area (Å²) < 4.78 is 0. The summed E-state index contributed by atoms with van der Waals surface area (Å²) >= 11 is 0. The van der Waals surface area contributed by atoms with Crippen molar-refractivity contribution >= 4 is 11.7 Å². The van der Waals surface area contributed by atoms with Crippen molar-refractivity contribution in [3.63, 3.8) is 0 Å². The quantitative estimate of drug-likeness (QED) is 0.873. The molecule has 3 heterocycles. The van der Waals surface area contributed by atoms with Crippen molar-refractivity contribution in [1.82, 2.24) is 9.97 Å². The fourth-order valence-electron chi connectivity index (χ4n) is 3.45. The Morgan fingerprint density at radius 1 is 1.24 bits per heavy atom. The zero-order chi connectivity index (χ0) is 14.6. The maximum absolute atomic E-state index is 12.6. The number of pyridine rings is 2. The van der Waals surface area contributed by atoms with Gasteiger partial charge in [0.15, 0.2) is 0 Å². The molecule has 0 fully saturated rings. The molecule has 4 heteroatoms. The molecule has 1 N–H and O–H groups in total. The highest BCUT2D eigenvalue weighted by molar-refractivity contribution is 6.06. The lowest BCUT2D eigenvalue weighted by Gasteiger charge is -2.19. The van der Waals surface area contributed by atoms with Gasteiger partial charge in [0, 0.05) is 29.6 Å². The molecular formula is C17H17N3O. The molecule has 1 aliphatic carbocycles. The van der Waals surface area contributed by atoms with Gasteiger partial charge in [0.25, 0.3) is 0 Å². The van der Waals surface area contributed by atoms with E-state index < -0.39 is 5.41 Å². The van der Waals surface area contributed by atoms with Crippen molar-refractivity contribution in [3.8, 4) is 0 Å². The van der Waals surface area contributed by atoms with E-state index in [2.05, 4.69) is 36.3 Å². The Hall–Kier alpha value is -2.23. The van der Waals surface area contributed by atoms with E-state index in [1.807, 2.05) is 12.1 Å². The number of hydrogen-bond acceptors (Lipinski definition) is 3. The number of carbonyl (C=O) groups is 1. The molecule has 0 saturated carbocycles. The first-order valence-electron chi connectivity index (χ1n) is 7.36. The van der Waals surface area contributed by atoms with Crippen LogP contribution in [0.1, 0.15) is 42.3 Å². The Balaban J connectivity index is 1.81. The van der Waals surface area contributed by atoms with Crippen LogP contribution in [0, 0.1) is 0 Å². The summed E-state index contributed by atoms with van der Waals surface area (Å²) in [5, 5.41) is 2.92. The predicted octanol–water partition coefficient (Wildman–Crippen LogP) is 2.59. The molecule has 2 aromatic rings. The average Bonchev–Trinajstić information content (AvgIpc) is 2.98. The smallest absolute Gasteiger partial charge is 0.237 e. The van der Waals surface area contributed by atoms with Crippen LogP contribution in [0.15, 0.2) is 30.5 Å². The van der Waals surface area contributed by atoms with Crippen molar-refractivity contribution in [1.29, 1.82) is 0 Å². The molecule has 0 bridgehead atoms. The van der Waals surface area contributed by atoms with Crippen LogP contribution in [0.25, 0.3) is 0 Å². The van der Waals surface area contributed by atoms with Gasteiger partial charge in [-0.2, -0.15) is 0 Å². The molecule has 2 aliphatic rings. The van der Waals surface area contributed by atoms with Crippen LogP contribution in [0.2, 0.25) is 0 Å². The molecule has 106 valence electrons. The minimum atomic E-state index is -0.505. The van der Waals surface area contributed by atoms with Crippen LogP contribution in [0.3, 0.4) is 0 Å². The lowest BCUT2D eigenvalue weighted by molar-refractivity contribution is -0.120. The summed E-state index contributed by atoms with van der Waals surface area (Å²) in [6.07, 6.45) is 3.11. The third-order valence-corrected chi connectivity index (χ3v) is 4.63. The van der Waals surface area contributed by atoms with Gasteiger partial charge in [0.2, 0.25) is 5.91 Å². The van der Waals surface area contributed by atoms with E-state index in [1.54, 1.807) is 6.20 Å². The Morgan fingerprint density at radius 3 is 2.90 bits per heavy atom. The second-order valence-electron chi connectivity index (χ2n) is 6.29. The third kappa shape index (κ3) is 1.65. The van der Waals surface area contributed by atoms with Crippen molar-refractivity contribution < 1.29 is 4.79 Å². The van der Waals surface area contributed by atoms with Crippen LogP contribution in [-0.4, -0.2) is 15.9 Å². The number of nitrogens with zero attached hydrogens (tertiary/aromatic N) is 2. The summed E-state index contributed by atoms with van der Waals surface area (Å²) in [5.41, 5.74) is 3.85. The molecule has 1 spiro atoms. The molecule has 0 saturated heterocycles. The van der Waals surface area contributed by atoms with E-state index >= 15 is 0 Å². The Kier molecular flexibility index (Phi) is 2.46. The van der Waals surface area contributed by atoms with E-state index in [0.717, 1.165) is 23.4 Å². The number of anilines is 1. The third-order valence-electron chi connectivity index (χ3n) is 4.63. The van der Waals surface area contributed by atoms with Gasteiger partial charge in [-0.1, -0.05) is 26.0 Å². The maximum Gasteiger partial charge on any atom is 0.237 e. The zero-order valence-corrected chi connectivity index (χ0v) is 12.2.